The molecule has 1 fully saturated rings. The van der Waals surface area contributed by atoms with E-state index in [9.17, 15) is 4.79 Å². The van der Waals surface area contributed by atoms with Crippen LogP contribution in [0.1, 0.15) is 42.1 Å². The van der Waals surface area contributed by atoms with Crippen molar-refractivity contribution in [2.45, 2.75) is 46.0 Å². The molecule has 0 spiro atoms. The third-order valence-electron chi connectivity index (χ3n) is 6.69. The van der Waals surface area contributed by atoms with E-state index in [1.54, 1.807) is 6.92 Å². The average Bonchev–Trinajstić information content (AvgIpc) is 3.15. The molecule has 1 saturated heterocycles. The Labute approximate surface area is 188 Å². The van der Waals surface area contributed by atoms with Crippen LogP contribution in [-0.2, 0) is 30.5 Å². The molecular weight excluding hydrogens is 404 g/mol. The maximum absolute atomic E-state index is 11.8. The van der Waals surface area contributed by atoms with E-state index in [-0.39, 0.29) is 5.91 Å². The van der Waals surface area contributed by atoms with Gasteiger partial charge in [-0.1, -0.05) is 37.3 Å². The lowest BCUT2D eigenvalue weighted by Gasteiger charge is -2.35. The molecule has 0 bridgehead atoms. The molecule has 0 unspecified atom stereocenters. The van der Waals surface area contributed by atoms with Crippen molar-refractivity contribution in [2.75, 3.05) is 31.1 Å². The molecule has 31 heavy (non-hydrogen) atoms. The number of amides is 1. The number of carbonyl (C=O) groups excluding carboxylic acids is 1. The van der Waals surface area contributed by atoms with Crippen LogP contribution in [0.3, 0.4) is 0 Å². The number of anilines is 1. The van der Waals surface area contributed by atoms with E-state index in [4.69, 9.17) is 9.97 Å². The van der Waals surface area contributed by atoms with Crippen LogP contribution in [-0.4, -0.2) is 47.0 Å². The van der Waals surface area contributed by atoms with Crippen molar-refractivity contribution in [1.29, 1.82) is 0 Å². The Morgan fingerprint density at radius 3 is 2.61 bits per heavy atom. The maximum Gasteiger partial charge on any atom is 0.219 e. The number of hydrogen-bond acceptors (Lipinski definition) is 5. The number of benzene rings is 1. The number of piperazine rings is 1. The van der Waals surface area contributed by atoms with Gasteiger partial charge in [-0.2, -0.15) is 0 Å². The summed E-state index contributed by atoms with van der Waals surface area (Å²) < 4.78 is 0. The zero-order chi connectivity index (χ0) is 21.4. The smallest absolute Gasteiger partial charge is 0.219 e. The molecule has 0 saturated carbocycles. The lowest BCUT2D eigenvalue weighted by Crippen LogP contribution is -2.48. The van der Waals surface area contributed by atoms with Gasteiger partial charge in [0.1, 0.15) is 16.5 Å². The van der Waals surface area contributed by atoms with Crippen molar-refractivity contribution in [3.63, 3.8) is 0 Å². The highest BCUT2D eigenvalue weighted by Gasteiger charge is 2.28. The Kier molecular flexibility index (Phi) is 5.65. The first kappa shape index (κ1) is 20.4. The minimum absolute atomic E-state index is 0.165. The van der Waals surface area contributed by atoms with Crippen molar-refractivity contribution < 1.29 is 4.79 Å². The van der Waals surface area contributed by atoms with Gasteiger partial charge in [-0.15, -0.1) is 11.3 Å². The van der Waals surface area contributed by atoms with E-state index in [0.717, 1.165) is 74.3 Å². The first-order chi connectivity index (χ1) is 15.1. The SMILES string of the molecule is CC(=O)N1CCN(c2nc(CCc3ccccc3)nc3sc4c(c23)CC[C@@H](C)C4)CC1. The molecule has 5 rings (SSSR count). The molecule has 5 nitrogen and oxygen atoms in total. The number of rotatable bonds is 4. The van der Waals surface area contributed by atoms with Crippen LogP contribution < -0.4 is 4.90 Å². The highest BCUT2D eigenvalue weighted by Crippen LogP contribution is 2.41. The van der Waals surface area contributed by atoms with Crippen molar-refractivity contribution in [3.05, 3.63) is 52.2 Å². The van der Waals surface area contributed by atoms with E-state index in [1.165, 1.54) is 27.8 Å². The molecule has 1 aliphatic carbocycles. The quantitative estimate of drug-likeness (QED) is 0.615. The topological polar surface area (TPSA) is 49.3 Å². The van der Waals surface area contributed by atoms with Crippen LogP contribution in [0, 0.1) is 5.92 Å². The van der Waals surface area contributed by atoms with Gasteiger partial charge in [-0.25, -0.2) is 9.97 Å². The highest BCUT2D eigenvalue weighted by atomic mass is 32.1. The molecule has 3 heterocycles. The number of aryl methyl sites for hydroxylation is 3. The molecule has 1 aliphatic heterocycles. The molecule has 2 aromatic heterocycles. The second kappa shape index (κ2) is 8.58. The third-order valence-corrected chi connectivity index (χ3v) is 7.84. The second-order valence-corrected chi connectivity index (χ2v) is 10.1. The normalized spacial score (nSPS) is 19.0. The summed E-state index contributed by atoms with van der Waals surface area (Å²) in [5, 5.41) is 1.28. The van der Waals surface area contributed by atoms with Gasteiger partial charge in [0.15, 0.2) is 0 Å². The van der Waals surface area contributed by atoms with Gasteiger partial charge in [0.2, 0.25) is 5.91 Å². The lowest BCUT2D eigenvalue weighted by atomic mass is 9.89. The maximum atomic E-state index is 11.8. The Morgan fingerprint density at radius 1 is 1.10 bits per heavy atom. The predicted molar refractivity (Wildman–Crippen MR) is 127 cm³/mol. The number of carbonyl (C=O) groups is 1. The van der Waals surface area contributed by atoms with Crippen LogP contribution in [0.15, 0.2) is 30.3 Å². The van der Waals surface area contributed by atoms with E-state index < -0.39 is 0 Å². The summed E-state index contributed by atoms with van der Waals surface area (Å²) in [6.45, 7) is 7.23. The van der Waals surface area contributed by atoms with E-state index >= 15 is 0 Å². The monoisotopic (exact) mass is 434 g/mol. The Morgan fingerprint density at radius 2 is 1.87 bits per heavy atom. The number of fused-ring (bicyclic) bond motifs is 3. The Balaban J connectivity index is 1.50. The Bertz CT molecular complexity index is 1090. The van der Waals surface area contributed by atoms with E-state index in [2.05, 4.69) is 42.2 Å². The number of aromatic nitrogens is 2. The molecule has 2 aliphatic rings. The van der Waals surface area contributed by atoms with Gasteiger partial charge in [-0.3, -0.25) is 4.79 Å². The van der Waals surface area contributed by atoms with Gasteiger partial charge < -0.3 is 9.80 Å². The summed E-state index contributed by atoms with van der Waals surface area (Å²) >= 11 is 1.88. The standard InChI is InChI=1S/C25H30N4OS/c1-17-8-10-20-21(16-17)31-25-23(20)24(29-14-12-28(13-15-29)18(2)30)26-22(27-25)11-9-19-6-4-3-5-7-19/h3-7,17H,8-16H2,1-2H3/t17-/m1/s1. The zero-order valence-electron chi connectivity index (χ0n) is 18.4. The zero-order valence-corrected chi connectivity index (χ0v) is 19.2. The second-order valence-electron chi connectivity index (χ2n) is 8.97. The molecule has 6 heteroatoms. The fraction of sp³-hybridized carbons (Fsp3) is 0.480. The van der Waals surface area contributed by atoms with Crippen LogP contribution >= 0.6 is 11.3 Å². The largest absolute Gasteiger partial charge is 0.352 e. The molecule has 0 N–H and O–H groups in total. The summed E-state index contributed by atoms with van der Waals surface area (Å²) in [7, 11) is 0. The van der Waals surface area contributed by atoms with Crippen molar-refractivity contribution in [2.24, 2.45) is 5.92 Å². The molecule has 0 radical (unpaired) electrons. The summed E-state index contributed by atoms with van der Waals surface area (Å²) in [5.74, 6) is 2.95. The molecule has 1 atom stereocenters. The fourth-order valence-corrected chi connectivity index (χ4v) is 6.24. The first-order valence-electron chi connectivity index (χ1n) is 11.4. The molecule has 3 aromatic rings. The van der Waals surface area contributed by atoms with Crippen molar-refractivity contribution >= 4 is 33.3 Å². The summed E-state index contributed by atoms with van der Waals surface area (Å²) in [5.41, 5.74) is 2.80. The van der Waals surface area contributed by atoms with Crippen LogP contribution in [0.2, 0.25) is 0 Å². The van der Waals surface area contributed by atoms with Crippen LogP contribution in [0.25, 0.3) is 10.2 Å². The average molecular weight is 435 g/mol. The lowest BCUT2D eigenvalue weighted by molar-refractivity contribution is -0.129. The van der Waals surface area contributed by atoms with Crippen LogP contribution in [0.5, 0.6) is 0 Å². The van der Waals surface area contributed by atoms with Gasteiger partial charge in [0, 0.05) is 44.4 Å². The summed E-state index contributed by atoms with van der Waals surface area (Å²) in [6, 6.07) is 10.6. The van der Waals surface area contributed by atoms with Gasteiger partial charge in [-0.05, 0) is 42.7 Å². The minimum Gasteiger partial charge on any atom is -0.352 e. The molecule has 162 valence electrons. The molecular formula is C25H30N4OS. The van der Waals surface area contributed by atoms with Crippen molar-refractivity contribution in [1.82, 2.24) is 14.9 Å². The number of nitrogens with zero attached hydrogens (tertiary/aromatic N) is 4. The Hall–Kier alpha value is -2.47. The number of hydrogen-bond donors (Lipinski definition) is 0. The van der Waals surface area contributed by atoms with E-state index in [0.29, 0.717) is 0 Å². The predicted octanol–water partition coefficient (Wildman–Crippen LogP) is 4.27. The molecule has 1 amide bonds. The third kappa shape index (κ3) is 4.18. The number of thiophene rings is 1. The van der Waals surface area contributed by atoms with Gasteiger partial charge in [0.25, 0.3) is 0 Å². The minimum atomic E-state index is 0.165. The highest BCUT2D eigenvalue weighted by molar-refractivity contribution is 7.19. The molecule has 1 aromatic carbocycles. The summed E-state index contributed by atoms with van der Waals surface area (Å²) in [4.78, 5) is 28.9. The first-order valence-corrected chi connectivity index (χ1v) is 12.3. The van der Waals surface area contributed by atoms with Crippen LogP contribution in [0.4, 0.5) is 5.82 Å². The fourth-order valence-electron chi connectivity index (χ4n) is 4.84. The van der Waals surface area contributed by atoms with Gasteiger partial charge >= 0.3 is 0 Å². The summed E-state index contributed by atoms with van der Waals surface area (Å²) in [6.07, 6.45) is 5.33. The van der Waals surface area contributed by atoms with Crippen molar-refractivity contribution in [3.8, 4) is 0 Å². The van der Waals surface area contributed by atoms with Gasteiger partial charge in [0.05, 0.1) is 5.39 Å². The van der Waals surface area contributed by atoms with E-state index in [1.807, 2.05) is 16.2 Å².